The SMILES string of the molecule is C=C1CC[C@H](CNCc2ncc(-c3cccc(-c4cccc(-c5cnc(CNC6CCN(C(C)=O)CC6)c(OC)n5)c4Cl)c3Cl)nc2OC)N1. The van der Waals surface area contributed by atoms with E-state index in [0.29, 0.717) is 74.8 Å². The Hall–Kier alpha value is -4.29. The van der Waals surface area contributed by atoms with Gasteiger partial charge in [0.05, 0.1) is 48.0 Å². The Balaban J connectivity index is 1.19. The first-order chi connectivity index (χ1) is 24.2. The third-order valence-electron chi connectivity index (χ3n) is 9.23. The lowest BCUT2D eigenvalue weighted by molar-refractivity contribution is -0.129. The third kappa shape index (κ3) is 8.02. The van der Waals surface area contributed by atoms with Gasteiger partial charge in [-0.25, -0.2) is 9.97 Å². The molecule has 2 aromatic heterocycles. The molecule has 262 valence electrons. The molecule has 0 unspecified atom stereocenters. The molecule has 4 heterocycles. The summed E-state index contributed by atoms with van der Waals surface area (Å²) in [6, 6.07) is 12.1. The average Bonchev–Trinajstić information content (AvgIpc) is 3.55. The lowest BCUT2D eigenvalue weighted by Crippen LogP contribution is -2.44. The number of aromatic nitrogens is 4. The molecule has 0 spiro atoms. The highest BCUT2D eigenvalue weighted by molar-refractivity contribution is 6.39. The van der Waals surface area contributed by atoms with Gasteiger partial charge in [0, 0.05) is 79.7 Å². The minimum Gasteiger partial charge on any atom is -0.480 e. The van der Waals surface area contributed by atoms with Gasteiger partial charge in [0.1, 0.15) is 11.4 Å². The largest absolute Gasteiger partial charge is 0.480 e. The lowest BCUT2D eigenvalue weighted by Gasteiger charge is -2.31. The molecule has 0 bridgehead atoms. The van der Waals surface area contributed by atoms with Gasteiger partial charge >= 0.3 is 0 Å². The summed E-state index contributed by atoms with van der Waals surface area (Å²) in [4.78, 5) is 32.5. The van der Waals surface area contributed by atoms with Crippen LogP contribution in [0, 0.1) is 0 Å². The quantitative estimate of drug-likeness (QED) is 0.160. The van der Waals surface area contributed by atoms with Gasteiger partial charge < -0.3 is 30.3 Å². The molecule has 0 aliphatic carbocycles. The van der Waals surface area contributed by atoms with E-state index in [9.17, 15) is 4.79 Å². The van der Waals surface area contributed by atoms with E-state index in [2.05, 4.69) is 27.5 Å². The average molecular weight is 718 g/mol. The van der Waals surface area contributed by atoms with Crippen LogP contribution in [0.4, 0.5) is 0 Å². The van der Waals surface area contributed by atoms with Gasteiger partial charge in [0.15, 0.2) is 0 Å². The van der Waals surface area contributed by atoms with Gasteiger partial charge in [-0.3, -0.25) is 14.8 Å². The zero-order valence-electron chi connectivity index (χ0n) is 28.6. The highest BCUT2D eigenvalue weighted by atomic mass is 35.5. The van der Waals surface area contributed by atoms with Gasteiger partial charge in [0.2, 0.25) is 17.7 Å². The Kier molecular flexibility index (Phi) is 11.5. The Morgan fingerprint density at radius 3 is 1.92 bits per heavy atom. The number of piperidine rings is 1. The molecule has 4 aromatic rings. The fourth-order valence-electron chi connectivity index (χ4n) is 6.44. The van der Waals surface area contributed by atoms with E-state index in [1.54, 1.807) is 33.5 Å². The number of allylic oxidation sites excluding steroid dienone is 1. The molecule has 2 aromatic carbocycles. The monoisotopic (exact) mass is 716 g/mol. The predicted molar refractivity (Wildman–Crippen MR) is 196 cm³/mol. The number of hydrogen-bond donors (Lipinski definition) is 3. The molecule has 1 amide bonds. The molecular weight excluding hydrogens is 675 g/mol. The summed E-state index contributed by atoms with van der Waals surface area (Å²) in [5.74, 6) is 0.975. The number of halogens is 2. The second kappa shape index (κ2) is 16.2. The molecule has 2 saturated heterocycles. The number of nitrogens with one attached hydrogen (secondary N) is 3. The van der Waals surface area contributed by atoms with Crippen LogP contribution in [0.2, 0.25) is 10.0 Å². The summed E-state index contributed by atoms with van der Waals surface area (Å²) in [5.41, 5.74) is 6.53. The number of ether oxygens (including phenoxy) is 2. The van der Waals surface area contributed by atoms with Crippen LogP contribution in [0.5, 0.6) is 11.8 Å². The van der Waals surface area contributed by atoms with Crippen molar-refractivity contribution in [1.29, 1.82) is 0 Å². The van der Waals surface area contributed by atoms with Crippen molar-refractivity contribution in [3.05, 3.63) is 82.5 Å². The zero-order chi connectivity index (χ0) is 35.2. The van der Waals surface area contributed by atoms with E-state index in [0.717, 1.165) is 62.1 Å². The van der Waals surface area contributed by atoms with Crippen LogP contribution in [0.3, 0.4) is 0 Å². The summed E-state index contributed by atoms with van der Waals surface area (Å²) in [6.07, 6.45) is 7.26. The Bertz CT molecular complexity index is 1860. The molecule has 3 N–H and O–H groups in total. The number of methoxy groups -OCH3 is 2. The summed E-state index contributed by atoms with van der Waals surface area (Å²) in [7, 11) is 3.17. The highest BCUT2D eigenvalue weighted by Gasteiger charge is 2.23. The number of nitrogens with zero attached hydrogens (tertiary/aromatic N) is 5. The number of rotatable bonds is 12. The van der Waals surface area contributed by atoms with E-state index < -0.39 is 0 Å². The number of carbonyl (C=O) groups is 1. The van der Waals surface area contributed by atoms with E-state index in [1.165, 1.54) is 0 Å². The fourth-order valence-corrected chi connectivity index (χ4v) is 7.09. The minimum absolute atomic E-state index is 0.119. The lowest BCUT2D eigenvalue weighted by atomic mass is 9.98. The first-order valence-electron chi connectivity index (χ1n) is 16.8. The van der Waals surface area contributed by atoms with Gasteiger partial charge in [0.25, 0.3) is 0 Å². The minimum atomic E-state index is 0.119. The van der Waals surface area contributed by atoms with Gasteiger partial charge in [-0.1, -0.05) is 66.2 Å². The van der Waals surface area contributed by atoms with Crippen LogP contribution < -0.4 is 25.4 Å². The molecule has 2 aliphatic rings. The number of amides is 1. The van der Waals surface area contributed by atoms with Crippen molar-refractivity contribution in [3.8, 4) is 45.4 Å². The molecular formula is C37H42Cl2N8O3. The second-order valence-corrected chi connectivity index (χ2v) is 13.3. The normalized spacial score (nSPS) is 16.4. The van der Waals surface area contributed by atoms with E-state index in [1.807, 2.05) is 41.3 Å². The number of carbonyl (C=O) groups excluding carboxylic acids is 1. The first-order valence-corrected chi connectivity index (χ1v) is 17.5. The molecule has 2 fully saturated rings. The van der Waals surface area contributed by atoms with Crippen molar-refractivity contribution in [2.24, 2.45) is 0 Å². The Morgan fingerprint density at radius 2 is 1.42 bits per heavy atom. The molecule has 0 radical (unpaired) electrons. The molecule has 50 heavy (non-hydrogen) atoms. The fraction of sp³-hybridized carbons (Fsp3) is 0.378. The summed E-state index contributed by atoms with van der Waals surface area (Å²) >= 11 is 14.2. The predicted octanol–water partition coefficient (Wildman–Crippen LogP) is 6.05. The molecule has 13 heteroatoms. The maximum absolute atomic E-state index is 11.7. The van der Waals surface area contributed by atoms with Crippen LogP contribution >= 0.6 is 23.2 Å². The number of benzene rings is 2. The van der Waals surface area contributed by atoms with Crippen molar-refractivity contribution in [1.82, 2.24) is 40.8 Å². The van der Waals surface area contributed by atoms with Gasteiger partial charge in [-0.15, -0.1) is 0 Å². The maximum Gasteiger partial charge on any atom is 0.237 e. The van der Waals surface area contributed by atoms with Crippen molar-refractivity contribution < 1.29 is 14.3 Å². The van der Waals surface area contributed by atoms with Crippen LogP contribution in [0.1, 0.15) is 44.0 Å². The van der Waals surface area contributed by atoms with Crippen molar-refractivity contribution in [2.45, 2.75) is 57.8 Å². The molecule has 6 rings (SSSR count). The van der Waals surface area contributed by atoms with Crippen LogP contribution in [-0.2, 0) is 17.9 Å². The van der Waals surface area contributed by atoms with Crippen molar-refractivity contribution >= 4 is 29.1 Å². The number of likely N-dealkylation sites (tertiary alicyclic amines) is 1. The highest BCUT2D eigenvalue weighted by Crippen LogP contribution is 2.42. The van der Waals surface area contributed by atoms with Crippen LogP contribution in [0.25, 0.3) is 33.6 Å². The number of hydrogen-bond acceptors (Lipinski definition) is 10. The van der Waals surface area contributed by atoms with Crippen molar-refractivity contribution in [2.75, 3.05) is 33.9 Å². The van der Waals surface area contributed by atoms with Gasteiger partial charge in [-0.05, 0) is 25.7 Å². The maximum atomic E-state index is 11.7. The Labute approximate surface area is 302 Å². The summed E-state index contributed by atoms with van der Waals surface area (Å²) < 4.78 is 11.3. The Morgan fingerprint density at radius 1 is 0.880 bits per heavy atom. The van der Waals surface area contributed by atoms with Crippen molar-refractivity contribution in [3.63, 3.8) is 0 Å². The van der Waals surface area contributed by atoms with Gasteiger partial charge in [-0.2, -0.15) is 0 Å². The first kappa shape index (κ1) is 35.5. The standard InChI is InChI=1S/C37H42Cl2N8O3/c1-22-11-12-25(44-22)17-40-18-32-36(49-3)45-30(19-42-32)28-9-5-7-26(34(28)38)27-8-6-10-29(35(27)39)31-20-43-33(37(46-31)50-4)21-41-24-13-15-47(16-14-24)23(2)48/h5-10,19-20,24-25,40-41,44H,1,11-18,21H2,2-4H3/t25-/m1/s1. The van der Waals surface area contributed by atoms with Crippen LogP contribution in [-0.4, -0.2) is 76.7 Å². The molecule has 1 atom stereocenters. The third-order valence-corrected chi connectivity index (χ3v) is 10.0. The smallest absolute Gasteiger partial charge is 0.237 e. The molecule has 11 nitrogen and oxygen atoms in total. The van der Waals surface area contributed by atoms with E-state index >= 15 is 0 Å². The molecule has 0 saturated carbocycles. The zero-order valence-corrected chi connectivity index (χ0v) is 30.1. The van der Waals surface area contributed by atoms with Crippen LogP contribution in [0.15, 0.2) is 61.1 Å². The summed E-state index contributed by atoms with van der Waals surface area (Å²) in [5, 5.41) is 11.3. The second-order valence-electron chi connectivity index (χ2n) is 12.5. The van der Waals surface area contributed by atoms with E-state index in [4.69, 9.17) is 47.6 Å². The summed E-state index contributed by atoms with van der Waals surface area (Å²) in [6.45, 7) is 8.93. The van der Waals surface area contributed by atoms with E-state index in [-0.39, 0.29) is 11.9 Å². The topological polar surface area (TPSA) is 126 Å². The molecule has 2 aliphatic heterocycles.